The van der Waals surface area contributed by atoms with Gasteiger partial charge in [0.05, 0.1) is 24.6 Å². The molecule has 0 aliphatic heterocycles. The Labute approximate surface area is 112 Å². The van der Waals surface area contributed by atoms with Gasteiger partial charge in [-0.3, -0.25) is 4.98 Å². The molecule has 1 heterocycles. The standard InChI is InChI=1S/C15H17NO3/c1-2-15(18)14-7-6-13(9-16-14)19-12-5-3-4-11(8-12)10-17/h3-9,15,17-18H,2,10H2,1H3/t15-/m0/s1. The van der Waals surface area contributed by atoms with Gasteiger partial charge in [0.25, 0.3) is 0 Å². The summed E-state index contributed by atoms with van der Waals surface area (Å²) < 4.78 is 5.63. The third-order valence-corrected chi connectivity index (χ3v) is 2.80. The Bertz CT molecular complexity index is 525. The van der Waals surface area contributed by atoms with Gasteiger partial charge in [-0.15, -0.1) is 0 Å². The number of hydrogen-bond acceptors (Lipinski definition) is 4. The maximum atomic E-state index is 9.65. The Morgan fingerprint density at radius 1 is 1.21 bits per heavy atom. The molecule has 0 saturated carbocycles. The van der Waals surface area contributed by atoms with E-state index in [9.17, 15) is 5.11 Å². The van der Waals surface area contributed by atoms with Crippen molar-refractivity contribution < 1.29 is 14.9 Å². The molecule has 0 radical (unpaired) electrons. The van der Waals surface area contributed by atoms with Gasteiger partial charge in [-0.2, -0.15) is 0 Å². The highest BCUT2D eigenvalue weighted by molar-refractivity contribution is 5.33. The molecule has 0 amide bonds. The maximum absolute atomic E-state index is 9.65. The summed E-state index contributed by atoms with van der Waals surface area (Å²) in [5, 5.41) is 18.7. The van der Waals surface area contributed by atoms with Crippen LogP contribution in [0.1, 0.15) is 30.7 Å². The Morgan fingerprint density at radius 2 is 2.05 bits per heavy atom. The van der Waals surface area contributed by atoms with Crippen LogP contribution in [0.25, 0.3) is 0 Å². The van der Waals surface area contributed by atoms with Gasteiger partial charge in [0, 0.05) is 0 Å². The van der Waals surface area contributed by atoms with E-state index in [1.54, 1.807) is 24.4 Å². The molecule has 2 rings (SSSR count). The van der Waals surface area contributed by atoms with Gasteiger partial charge in [-0.25, -0.2) is 0 Å². The summed E-state index contributed by atoms with van der Waals surface area (Å²) in [6, 6.07) is 10.8. The van der Waals surface area contributed by atoms with Gasteiger partial charge >= 0.3 is 0 Å². The third-order valence-electron chi connectivity index (χ3n) is 2.80. The summed E-state index contributed by atoms with van der Waals surface area (Å²) >= 11 is 0. The molecule has 1 aromatic heterocycles. The fraction of sp³-hybridized carbons (Fsp3) is 0.267. The van der Waals surface area contributed by atoms with Crippen molar-refractivity contribution in [3.63, 3.8) is 0 Å². The Kier molecular flexibility index (Phi) is 4.49. The van der Waals surface area contributed by atoms with Crippen LogP contribution in [-0.4, -0.2) is 15.2 Å². The molecular weight excluding hydrogens is 242 g/mol. The molecule has 0 fully saturated rings. The Balaban J connectivity index is 2.10. The van der Waals surface area contributed by atoms with Crippen molar-refractivity contribution in [3.05, 3.63) is 53.9 Å². The molecule has 0 saturated heterocycles. The van der Waals surface area contributed by atoms with Gasteiger partial charge < -0.3 is 14.9 Å². The van der Waals surface area contributed by atoms with Crippen molar-refractivity contribution in [3.8, 4) is 11.5 Å². The summed E-state index contributed by atoms with van der Waals surface area (Å²) in [6.07, 6.45) is 1.68. The van der Waals surface area contributed by atoms with Crippen molar-refractivity contribution in [2.45, 2.75) is 26.1 Å². The van der Waals surface area contributed by atoms with Gasteiger partial charge in [0.2, 0.25) is 0 Å². The lowest BCUT2D eigenvalue weighted by Gasteiger charge is -2.09. The molecule has 0 spiro atoms. The smallest absolute Gasteiger partial charge is 0.145 e. The predicted molar refractivity (Wildman–Crippen MR) is 71.9 cm³/mol. The summed E-state index contributed by atoms with van der Waals surface area (Å²) in [4.78, 5) is 4.16. The summed E-state index contributed by atoms with van der Waals surface area (Å²) in [7, 11) is 0. The zero-order valence-corrected chi connectivity index (χ0v) is 10.8. The van der Waals surface area contributed by atoms with E-state index in [1.165, 1.54) is 0 Å². The van der Waals surface area contributed by atoms with E-state index in [0.717, 1.165) is 5.56 Å². The van der Waals surface area contributed by atoms with Crippen molar-refractivity contribution in [1.82, 2.24) is 4.98 Å². The predicted octanol–water partition coefficient (Wildman–Crippen LogP) is 2.81. The Morgan fingerprint density at radius 3 is 2.68 bits per heavy atom. The molecule has 1 aromatic carbocycles. The van der Waals surface area contributed by atoms with Gasteiger partial charge in [-0.1, -0.05) is 19.1 Å². The van der Waals surface area contributed by atoms with Gasteiger partial charge in [0.1, 0.15) is 11.5 Å². The second-order valence-electron chi connectivity index (χ2n) is 4.25. The highest BCUT2D eigenvalue weighted by Gasteiger charge is 2.06. The van der Waals surface area contributed by atoms with E-state index in [0.29, 0.717) is 23.6 Å². The largest absolute Gasteiger partial charge is 0.456 e. The summed E-state index contributed by atoms with van der Waals surface area (Å²) in [5.74, 6) is 1.25. The molecule has 4 heteroatoms. The molecule has 1 atom stereocenters. The number of aliphatic hydroxyl groups is 2. The van der Waals surface area contributed by atoms with E-state index in [2.05, 4.69) is 4.98 Å². The van der Waals surface area contributed by atoms with Crippen LogP contribution in [0.4, 0.5) is 0 Å². The Hall–Kier alpha value is -1.91. The molecule has 19 heavy (non-hydrogen) atoms. The highest BCUT2D eigenvalue weighted by Crippen LogP contribution is 2.23. The topological polar surface area (TPSA) is 62.6 Å². The SMILES string of the molecule is CC[C@H](O)c1ccc(Oc2cccc(CO)c2)cn1. The second kappa shape index (κ2) is 6.31. The van der Waals surface area contributed by atoms with Crippen LogP contribution in [0.3, 0.4) is 0 Å². The van der Waals surface area contributed by atoms with Crippen molar-refractivity contribution in [1.29, 1.82) is 0 Å². The van der Waals surface area contributed by atoms with E-state index in [-0.39, 0.29) is 6.61 Å². The maximum Gasteiger partial charge on any atom is 0.145 e. The monoisotopic (exact) mass is 259 g/mol. The average molecular weight is 259 g/mol. The summed E-state index contributed by atoms with van der Waals surface area (Å²) in [6.45, 7) is 1.88. The van der Waals surface area contributed by atoms with E-state index in [4.69, 9.17) is 9.84 Å². The van der Waals surface area contributed by atoms with Gasteiger partial charge in [-0.05, 0) is 36.2 Å². The minimum absolute atomic E-state index is 0.0168. The molecule has 100 valence electrons. The normalized spacial score (nSPS) is 12.2. The lowest BCUT2D eigenvalue weighted by molar-refractivity contribution is 0.169. The third kappa shape index (κ3) is 3.53. The van der Waals surface area contributed by atoms with Crippen LogP contribution < -0.4 is 4.74 Å². The summed E-state index contributed by atoms with van der Waals surface area (Å²) in [5.41, 5.74) is 1.43. The van der Waals surface area contributed by atoms with E-state index < -0.39 is 6.10 Å². The first kappa shape index (κ1) is 13.5. The first-order chi connectivity index (χ1) is 9.22. The number of rotatable bonds is 5. The van der Waals surface area contributed by atoms with Crippen LogP contribution in [-0.2, 0) is 6.61 Å². The average Bonchev–Trinajstić information content (AvgIpc) is 2.47. The second-order valence-corrected chi connectivity index (χ2v) is 4.25. The lowest BCUT2D eigenvalue weighted by Crippen LogP contribution is -1.98. The molecule has 0 unspecified atom stereocenters. The van der Waals surface area contributed by atoms with Crippen LogP contribution in [0.5, 0.6) is 11.5 Å². The lowest BCUT2D eigenvalue weighted by atomic mass is 10.2. The number of aliphatic hydroxyl groups excluding tert-OH is 2. The van der Waals surface area contributed by atoms with E-state index in [1.807, 2.05) is 25.1 Å². The molecule has 0 aliphatic carbocycles. The van der Waals surface area contributed by atoms with E-state index >= 15 is 0 Å². The van der Waals surface area contributed by atoms with Crippen LogP contribution in [0.2, 0.25) is 0 Å². The molecule has 2 aromatic rings. The first-order valence-corrected chi connectivity index (χ1v) is 6.24. The first-order valence-electron chi connectivity index (χ1n) is 6.24. The fourth-order valence-corrected chi connectivity index (χ4v) is 1.70. The number of hydrogen-bond donors (Lipinski definition) is 2. The molecule has 2 N–H and O–H groups in total. The zero-order chi connectivity index (χ0) is 13.7. The number of benzene rings is 1. The zero-order valence-electron chi connectivity index (χ0n) is 10.8. The fourth-order valence-electron chi connectivity index (χ4n) is 1.70. The number of nitrogens with zero attached hydrogens (tertiary/aromatic N) is 1. The van der Waals surface area contributed by atoms with Crippen LogP contribution in [0.15, 0.2) is 42.6 Å². The minimum atomic E-state index is -0.535. The molecular formula is C15H17NO3. The quantitative estimate of drug-likeness (QED) is 0.866. The van der Waals surface area contributed by atoms with Crippen LogP contribution in [0, 0.1) is 0 Å². The van der Waals surface area contributed by atoms with Crippen LogP contribution >= 0.6 is 0 Å². The molecule has 4 nitrogen and oxygen atoms in total. The van der Waals surface area contributed by atoms with Crippen molar-refractivity contribution in [2.75, 3.05) is 0 Å². The molecule has 0 bridgehead atoms. The highest BCUT2D eigenvalue weighted by atomic mass is 16.5. The van der Waals surface area contributed by atoms with Crippen molar-refractivity contribution >= 4 is 0 Å². The number of aromatic nitrogens is 1. The number of ether oxygens (including phenoxy) is 1. The molecule has 0 aliphatic rings. The van der Waals surface area contributed by atoms with Crippen molar-refractivity contribution in [2.24, 2.45) is 0 Å². The minimum Gasteiger partial charge on any atom is -0.456 e. The number of pyridine rings is 1. The van der Waals surface area contributed by atoms with Gasteiger partial charge in [0.15, 0.2) is 0 Å².